The van der Waals surface area contributed by atoms with Crippen LogP contribution in [0.1, 0.15) is 30.7 Å². The molecule has 3 rings (SSSR count). The molecule has 1 unspecified atom stereocenters. The van der Waals surface area contributed by atoms with E-state index in [9.17, 15) is 27.1 Å². The Labute approximate surface area is 155 Å². The van der Waals surface area contributed by atoms with Crippen LogP contribution >= 0.6 is 0 Å². The van der Waals surface area contributed by atoms with Gasteiger partial charge in [-0.05, 0) is 48.8 Å². The van der Waals surface area contributed by atoms with E-state index in [0.29, 0.717) is 18.1 Å². The average molecular weight is 405 g/mol. The van der Waals surface area contributed by atoms with Crippen LogP contribution in [0.2, 0.25) is 0 Å². The quantitative estimate of drug-likeness (QED) is 0.713. The Morgan fingerprint density at radius 1 is 1.33 bits per heavy atom. The van der Waals surface area contributed by atoms with Gasteiger partial charge < -0.3 is 14.6 Å². The molecule has 0 spiro atoms. The number of nitrogens with zero attached hydrogens (tertiary/aromatic N) is 1. The molecule has 1 aliphatic carbocycles. The van der Waals surface area contributed by atoms with Crippen molar-refractivity contribution in [3.05, 3.63) is 23.8 Å². The molecule has 1 N–H and O–H groups in total. The summed E-state index contributed by atoms with van der Waals surface area (Å²) in [5.74, 6) is -1.14. The summed E-state index contributed by atoms with van der Waals surface area (Å²) in [6.07, 6.45) is 3.11. The first-order chi connectivity index (χ1) is 12.6. The molecule has 2 atom stereocenters. The van der Waals surface area contributed by atoms with Crippen LogP contribution in [0, 0.1) is 5.92 Å². The third-order valence-corrected chi connectivity index (χ3v) is 6.05. The van der Waals surface area contributed by atoms with Crippen molar-refractivity contribution in [3.8, 4) is 11.5 Å². The van der Waals surface area contributed by atoms with Crippen LogP contribution in [0.15, 0.2) is 18.2 Å². The van der Waals surface area contributed by atoms with Gasteiger partial charge in [-0.1, -0.05) is 6.07 Å². The molecule has 1 aliphatic heterocycles. The standard InChI is InChI=1S/C17H21F2NO6S/c1-27(23,24)20-8-12(6-13(20)16(21)22)11-4-5-14(26-17(18)19)15(7-11)25-9-10-2-3-10/h4-5,7,10,12-13,17H,2-3,6,8-9H2,1H3,(H,21,22)/t12?,13-/m1/s1. The SMILES string of the molecule is CS(=O)(=O)N1CC(c2ccc(OC(F)F)c(OCC3CC3)c2)C[C@@H]1C(=O)O. The predicted octanol–water partition coefficient (Wildman–Crippen LogP) is 2.28. The second kappa shape index (κ2) is 7.59. The minimum atomic E-state index is -3.69. The maximum Gasteiger partial charge on any atom is 0.387 e. The summed E-state index contributed by atoms with van der Waals surface area (Å²) in [4.78, 5) is 11.4. The number of hydrogen-bond acceptors (Lipinski definition) is 5. The highest BCUT2D eigenvalue weighted by Gasteiger charge is 2.42. The van der Waals surface area contributed by atoms with Gasteiger partial charge in [0, 0.05) is 6.54 Å². The minimum Gasteiger partial charge on any atom is -0.489 e. The summed E-state index contributed by atoms with van der Waals surface area (Å²) in [7, 11) is -3.69. The monoisotopic (exact) mass is 405 g/mol. The first-order valence-corrected chi connectivity index (χ1v) is 10.4. The van der Waals surface area contributed by atoms with Gasteiger partial charge in [0.15, 0.2) is 11.5 Å². The van der Waals surface area contributed by atoms with Crippen LogP contribution in [0.5, 0.6) is 11.5 Å². The Morgan fingerprint density at radius 3 is 2.56 bits per heavy atom. The van der Waals surface area contributed by atoms with E-state index in [1.165, 1.54) is 18.2 Å². The fourth-order valence-corrected chi connectivity index (χ4v) is 4.30. The molecule has 0 amide bonds. The lowest BCUT2D eigenvalue weighted by Crippen LogP contribution is -2.39. The van der Waals surface area contributed by atoms with E-state index in [1.54, 1.807) is 0 Å². The molecule has 1 aromatic rings. The third-order valence-electron chi connectivity index (χ3n) is 4.79. The number of carboxylic acids is 1. The first-order valence-electron chi connectivity index (χ1n) is 8.56. The molecule has 0 aromatic heterocycles. The lowest BCUT2D eigenvalue weighted by atomic mass is 9.96. The smallest absolute Gasteiger partial charge is 0.387 e. The fraction of sp³-hybridized carbons (Fsp3) is 0.588. The summed E-state index contributed by atoms with van der Waals surface area (Å²) in [5, 5.41) is 9.33. The maximum absolute atomic E-state index is 12.6. The van der Waals surface area contributed by atoms with E-state index in [2.05, 4.69) is 4.74 Å². The molecule has 0 bridgehead atoms. The molecule has 10 heteroatoms. The number of alkyl halides is 2. The van der Waals surface area contributed by atoms with Crippen molar-refractivity contribution in [2.75, 3.05) is 19.4 Å². The van der Waals surface area contributed by atoms with Crippen molar-refractivity contribution in [1.82, 2.24) is 4.31 Å². The van der Waals surface area contributed by atoms with E-state index in [0.717, 1.165) is 23.4 Å². The number of halogens is 2. The van der Waals surface area contributed by atoms with Gasteiger partial charge in [0.05, 0.1) is 12.9 Å². The predicted molar refractivity (Wildman–Crippen MR) is 91.6 cm³/mol. The van der Waals surface area contributed by atoms with Crippen molar-refractivity contribution in [3.63, 3.8) is 0 Å². The highest BCUT2D eigenvalue weighted by molar-refractivity contribution is 7.88. The molecule has 1 aromatic carbocycles. The van der Waals surface area contributed by atoms with Crippen molar-refractivity contribution >= 4 is 16.0 Å². The summed E-state index contributed by atoms with van der Waals surface area (Å²) < 4.78 is 60.1. The second-order valence-corrected chi connectivity index (χ2v) is 8.89. The Bertz CT molecular complexity index is 812. The second-order valence-electron chi connectivity index (χ2n) is 6.96. The average Bonchev–Trinajstić information content (AvgIpc) is 3.27. The third kappa shape index (κ3) is 4.86. The number of benzene rings is 1. The van der Waals surface area contributed by atoms with Crippen LogP contribution in [0.4, 0.5) is 8.78 Å². The number of aliphatic carboxylic acids is 1. The Kier molecular flexibility index (Phi) is 5.57. The number of carboxylic acid groups (broad SMARTS) is 1. The lowest BCUT2D eigenvalue weighted by molar-refractivity contribution is -0.140. The van der Waals surface area contributed by atoms with E-state index in [-0.39, 0.29) is 30.4 Å². The first kappa shape index (κ1) is 19.8. The molecule has 0 radical (unpaired) electrons. The largest absolute Gasteiger partial charge is 0.489 e. The number of ether oxygens (including phenoxy) is 2. The van der Waals surface area contributed by atoms with Crippen LogP contribution in [0.3, 0.4) is 0 Å². The van der Waals surface area contributed by atoms with E-state index < -0.39 is 28.6 Å². The van der Waals surface area contributed by atoms with Gasteiger partial charge in [-0.2, -0.15) is 13.1 Å². The minimum absolute atomic E-state index is 0.00686. The Morgan fingerprint density at radius 2 is 2.04 bits per heavy atom. The highest BCUT2D eigenvalue weighted by Crippen LogP contribution is 2.39. The maximum atomic E-state index is 12.6. The van der Waals surface area contributed by atoms with Crippen LogP contribution in [-0.4, -0.2) is 55.9 Å². The normalized spacial score (nSPS) is 23.6. The number of hydrogen-bond donors (Lipinski definition) is 1. The number of carbonyl (C=O) groups is 1. The molecule has 27 heavy (non-hydrogen) atoms. The van der Waals surface area contributed by atoms with Gasteiger partial charge in [0.1, 0.15) is 6.04 Å². The van der Waals surface area contributed by atoms with Gasteiger partial charge in [-0.3, -0.25) is 4.79 Å². The van der Waals surface area contributed by atoms with Crippen molar-refractivity contribution in [2.45, 2.75) is 37.8 Å². The molecule has 1 saturated heterocycles. The van der Waals surface area contributed by atoms with Crippen LogP contribution in [0.25, 0.3) is 0 Å². The van der Waals surface area contributed by atoms with E-state index in [4.69, 9.17) is 4.74 Å². The Balaban J connectivity index is 1.84. The molecule has 150 valence electrons. The van der Waals surface area contributed by atoms with Crippen molar-refractivity contribution < 1.29 is 36.6 Å². The van der Waals surface area contributed by atoms with E-state index >= 15 is 0 Å². The van der Waals surface area contributed by atoms with E-state index in [1.807, 2.05) is 0 Å². The molecule has 1 heterocycles. The number of rotatable bonds is 8. The topological polar surface area (TPSA) is 93.1 Å². The summed E-state index contributed by atoms with van der Waals surface area (Å²) in [6, 6.07) is 3.27. The van der Waals surface area contributed by atoms with Gasteiger partial charge in [-0.15, -0.1) is 0 Å². The summed E-state index contributed by atoms with van der Waals surface area (Å²) >= 11 is 0. The molecule has 1 saturated carbocycles. The fourth-order valence-electron chi connectivity index (χ4n) is 3.21. The number of sulfonamides is 1. The van der Waals surface area contributed by atoms with Crippen LogP contribution < -0.4 is 9.47 Å². The van der Waals surface area contributed by atoms with Gasteiger partial charge >= 0.3 is 12.6 Å². The summed E-state index contributed by atoms with van der Waals surface area (Å²) in [5.41, 5.74) is 0.625. The lowest BCUT2D eigenvalue weighted by Gasteiger charge is -2.18. The zero-order chi connectivity index (χ0) is 19.8. The van der Waals surface area contributed by atoms with Gasteiger partial charge in [-0.25, -0.2) is 8.42 Å². The van der Waals surface area contributed by atoms with Crippen LogP contribution in [-0.2, 0) is 14.8 Å². The zero-order valence-corrected chi connectivity index (χ0v) is 15.5. The van der Waals surface area contributed by atoms with Crippen molar-refractivity contribution in [1.29, 1.82) is 0 Å². The Hall–Kier alpha value is -1.94. The summed E-state index contributed by atoms with van der Waals surface area (Å²) in [6.45, 7) is -2.60. The highest BCUT2D eigenvalue weighted by atomic mass is 32.2. The van der Waals surface area contributed by atoms with Gasteiger partial charge in [0.25, 0.3) is 0 Å². The van der Waals surface area contributed by atoms with Gasteiger partial charge in [0.2, 0.25) is 10.0 Å². The molecule has 2 fully saturated rings. The molecule has 2 aliphatic rings. The molecule has 7 nitrogen and oxygen atoms in total. The molecular weight excluding hydrogens is 384 g/mol. The zero-order valence-electron chi connectivity index (χ0n) is 14.7. The van der Waals surface area contributed by atoms with Crippen molar-refractivity contribution in [2.24, 2.45) is 5.92 Å². The molecular formula is C17H21F2NO6S.